The topological polar surface area (TPSA) is 49.3 Å². The van der Waals surface area contributed by atoms with Crippen LogP contribution in [0.15, 0.2) is 24.3 Å². The third-order valence-corrected chi connectivity index (χ3v) is 6.37. The van der Waals surface area contributed by atoms with Gasteiger partial charge in [0.1, 0.15) is 5.82 Å². The van der Waals surface area contributed by atoms with Crippen LogP contribution < -0.4 is 4.90 Å². The largest absolute Gasteiger partial charge is 0.345 e. The Balaban J connectivity index is 1.47. The minimum absolute atomic E-state index is 0.320. The number of hydrogen-bond acceptors (Lipinski definition) is 5. The summed E-state index contributed by atoms with van der Waals surface area (Å²) in [6.07, 6.45) is 8.44. The number of benzene rings is 1. The molecule has 1 aliphatic heterocycles. The summed E-state index contributed by atoms with van der Waals surface area (Å²) >= 11 is 1.48. The fourth-order valence-electron chi connectivity index (χ4n) is 3.73. The Kier molecular flexibility index (Phi) is 8.47. The van der Waals surface area contributed by atoms with Crippen molar-refractivity contribution in [3.63, 3.8) is 0 Å². The van der Waals surface area contributed by atoms with Crippen LogP contribution in [0.5, 0.6) is 0 Å². The van der Waals surface area contributed by atoms with E-state index in [2.05, 4.69) is 47.4 Å². The summed E-state index contributed by atoms with van der Waals surface area (Å²) < 4.78 is 4.57. The molecule has 0 bridgehead atoms. The van der Waals surface area contributed by atoms with Gasteiger partial charge in [0.2, 0.25) is 11.0 Å². The molecule has 1 aromatic heterocycles. The summed E-state index contributed by atoms with van der Waals surface area (Å²) in [5, 5.41) is 0.987. The highest BCUT2D eigenvalue weighted by atomic mass is 32.1. The van der Waals surface area contributed by atoms with Gasteiger partial charge in [0.15, 0.2) is 0 Å². The van der Waals surface area contributed by atoms with Crippen molar-refractivity contribution in [1.29, 1.82) is 0 Å². The van der Waals surface area contributed by atoms with Gasteiger partial charge in [-0.25, -0.2) is 4.98 Å². The monoisotopic (exact) mass is 414 g/mol. The molecule has 0 spiro atoms. The molecule has 1 amide bonds. The molecular formula is C23H34N4OS. The van der Waals surface area contributed by atoms with E-state index in [4.69, 9.17) is 4.98 Å². The van der Waals surface area contributed by atoms with E-state index in [0.29, 0.717) is 12.3 Å². The third kappa shape index (κ3) is 6.81. The van der Waals surface area contributed by atoms with Crippen molar-refractivity contribution in [2.24, 2.45) is 0 Å². The van der Waals surface area contributed by atoms with E-state index >= 15 is 0 Å². The van der Waals surface area contributed by atoms with Crippen LogP contribution in [-0.2, 0) is 11.2 Å². The van der Waals surface area contributed by atoms with Crippen molar-refractivity contribution in [3.05, 3.63) is 41.2 Å². The number of carbonyl (C=O) groups excluding carboxylic acids is 1. The summed E-state index contributed by atoms with van der Waals surface area (Å²) in [6, 6.07) is 8.56. The van der Waals surface area contributed by atoms with Gasteiger partial charge in [-0.2, -0.15) is 4.37 Å². The highest BCUT2D eigenvalue weighted by molar-refractivity contribution is 7.09. The predicted molar refractivity (Wildman–Crippen MR) is 121 cm³/mol. The van der Waals surface area contributed by atoms with Crippen molar-refractivity contribution < 1.29 is 4.79 Å². The van der Waals surface area contributed by atoms with Gasteiger partial charge in [-0.3, -0.25) is 4.79 Å². The number of amides is 1. The summed E-state index contributed by atoms with van der Waals surface area (Å²) in [7, 11) is 0. The first-order valence-electron chi connectivity index (χ1n) is 11.1. The Morgan fingerprint density at radius 1 is 1.03 bits per heavy atom. The Morgan fingerprint density at radius 2 is 1.83 bits per heavy atom. The van der Waals surface area contributed by atoms with Gasteiger partial charge in [0.05, 0.1) is 0 Å². The first kappa shape index (κ1) is 21.8. The number of carbonyl (C=O) groups is 1. The number of nitrogens with zero attached hydrogens (tertiary/aromatic N) is 4. The van der Waals surface area contributed by atoms with Gasteiger partial charge in [-0.05, 0) is 25.3 Å². The molecule has 1 aliphatic rings. The summed E-state index contributed by atoms with van der Waals surface area (Å²) in [5.41, 5.74) is 2.51. The lowest BCUT2D eigenvalue weighted by molar-refractivity contribution is -0.131. The smallest absolute Gasteiger partial charge is 0.222 e. The lowest BCUT2D eigenvalue weighted by atomic mass is 10.1. The van der Waals surface area contributed by atoms with Gasteiger partial charge in [-0.1, -0.05) is 62.4 Å². The number of hydrogen-bond donors (Lipinski definition) is 0. The zero-order valence-corrected chi connectivity index (χ0v) is 18.7. The van der Waals surface area contributed by atoms with Crippen LogP contribution in [0.3, 0.4) is 0 Å². The first-order chi connectivity index (χ1) is 14.2. The molecule has 2 heterocycles. The quantitative estimate of drug-likeness (QED) is 0.551. The van der Waals surface area contributed by atoms with Gasteiger partial charge >= 0.3 is 0 Å². The highest BCUT2D eigenvalue weighted by Crippen LogP contribution is 2.21. The van der Waals surface area contributed by atoms with Crippen LogP contribution in [0.4, 0.5) is 5.13 Å². The Bertz CT molecular complexity index is 758. The van der Waals surface area contributed by atoms with E-state index in [1.807, 2.05) is 4.90 Å². The summed E-state index contributed by atoms with van der Waals surface area (Å²) in [5.74, 6) is 1.21. The number of anilines is 1. The molecule has 29 heavy (non-hydrogen) atoms. The fraction of sp³-hybridized carbons (Fsp3) is 0.609. The van der Waals surface area contributed by atoms with Crippen LogP contribution >= 0.6 is 11.5 Å². The molecule has 158 valence electrons. The second kappa shape index (κ2) is 11.3. The molecule has 0 aliphatic carbocycles. The van der Waals surface area contributed by atoms with Crippen molar-refractivity contribution in [2.75, 3.05) is 31.1 Å². The average molecular weight is 415 g/mol. The van der Waals surface area contributed by atoms with Crippen molar-refractivity contribution >= 4 is 22.6 Å². The van der Waals surface area contributed by atoms with Crippen molar-refractivity contribution in [3.8, 4) is 0 Å². The number of unbranched alkanes of at least 4 members (excludes halogenated alkanes) is 4. The van der Waals surface area contributed by atoms with Crippen LogP contribution in [0, 0.1) is 6.92 Å². The van der Waals surface area contributed by atoms with Crippen LogP contribution in [-0.4, -0.2) is 46.3 Å². The molecule has 5 nitrogen and oxygen atoms in total. The molecule has 0 radical (unpaired) electrons. The summed E-state index contributed by atoms with van der Waals surface area (Å²) in [4.78, 5) is 21.7. The molecule has 3 rings (SSSR count). The van der Waals surface area contributed by atoms with Crippen LogP contribution in [0.25, 0.3) is 0 Å². The third-order valence-electron chi connectivity index (χ3n) is 5.55. The second-order valence-corrected chi connectivity index (χ2v) is 8.77. The van der Waals surface area contributed by atoms with Crippen LogP contribution in [0.1, 0.15) is 68.8 Å². The van der Waals surface area contributed by atoms with E-state index in [0.717, 1.165) is 56.4 Å². The molecule has 0 unspecified atom stereocenters. The van der Waals surface area contributed by atoms with Crippen LogP contribution in [0.2, 0.25) is 0 Å². The van der Waals surface area contributed by atoms with E-state index in [-0.39, 0.29) is 0 Å². The lowest BCUT2D eigenvalue weighted by Gasteiger charge is -2.21. The zero-order chi connectivity index (χ0) is 20.5. The van der Waals surface area contributed by atoms with E-state index in [9.17, 15) is 4.79 Å². The number of aryl methyl sites for hydroxylation is 1. The standard InChI is InChI=1S/C23H34N4OS/c1-3-4-5-6-7-9-22(28)26-14-8-15-27(17-16-26)23-24-21(25-29-23)18-20-12-10-19(2)11-13-20/h10-13H,3-9,14-18H2,1-2H3. The Labute approximate surface area is 179 Å². The minimum Gasteiger partial charge on any atom is -0.345 e. The molecule has 0 N–H and O–H groups in total. The second-order valence-electron chi connectivity index (χ2n) is 8.04. The fourth-order valence-corrected chi connectivity index (χ4v) is 4.47. The molecular weight excluding hydrogens is 380 g/mol. The van der Waals surface area contributed by atoms with Gasteiger partial charge in [-0.15, -0.1) is 0 Å². The Hall–Kier alpha value is -1.95. The highest BCUT2D eigenvalue weighted by Gasteiger charge is 2.21. The zero-order valence-electron chi connectivity index (χ0n) is 17.9. The Morgan fingerprint density at radius 3 is 2.62 bits per heavy atom. The SMILES string of the molecule is CCCCCCCC(=O)N1CCCN(c2nc(Cc3ccc(C)cc3)ns2)CC1. The molecule has 0 saturated carbocycles. The van der Waals surface area contributed by atoms with Crippen molar-refractivity contribution in [2.45, 2.75) is 65.2 Å². The van der Waals surface area contributed by atoms with E-state index < -0.39 is 0 Å². The van der Waals surface area contributed by atoms with Gasteiger partial charge in [0, 0.05) is 50.6 Å². The lowest BCUT2D eigenvalue weighted by Crippen LogP contribution is -2.35. The maximum atomic E-state index is 12.5. The van der Waals surface area contributed by atoms with Gasteiger partial charge < -0.3 is 9.80 Å². The van der Waals surface area contributed by atoms with E-state index in [1.165, 1.54) is 48.3 Å². The maximum Gasteiger partial charge on any atom is 0.222 e. The minimum atomic E-state index is 0.320. The molecule has 6 heteroatoms. The molecule has 0 atom stereocenters. The molecule has 1 aromatic carbocycles. The summed E-state index contributed by atoms with van der Waals surface area (Å²) in [6.45, 7) is 7.76. The average Bonchev–Trinajstić information content (AvgIpc) is 3.04. The first-order valence-corrected chi connectivity index (χ1v) is 11.8. The number of rotatable bonds is 9. The predicted octanol–water partition coefficient (Wildman–Crippen LogP) is 4.84. The normalized spacial score (nSPS) is 14.8. The molecule has 1 saturated heterocycles. The van der Waals surface area contributed by atoms with Gasteiger partial charge in [0.25, 0.3) is 0 Å². The molecule has 2 aromatic rings. The number of aromatic nitrogens is 2. The van der Waals surface area contributed by atoms with E-state index in [1.54, 1.807) is 0 Å². The molecule has 1 fully saturated rings. The van der Waals surface area contributed by atoms with Crippen molar-refractivity contribution in [1.82, 2.24) is 14.3 Å². The maximum absolute atomic E-state index is 12.5.